The lowest BCUT2D eigenvalue weighted by atomic mass is 10.2. The highest BCUT2D eigenvalue weighted by molar-refractivity contribution is 7.91. The molecule has 1 fully saturated rings. The minimum Gasteiger partial charge on any atom is -0.352 e. The lowest BCUT2D eigenvalue weighted by Crippen LogP contribution is -2.37. The molecule has 0 unspecified atom stereocenters. The van der Waals surface area contributed by atoms with Gasteiger partial charge in [0, 0.05) is 18.4 Å². The summed E-state index contributed by atoms with van der Waals surface area (Å²) in [6.45, 7) is 0. The second-order valence-electron chi connectivity index (χ2n) is 4.20. The van der Waals surface area contributed by atoms with E-state index in [2.05, 4.69) is 15.3 Å². The van der Waals surface area contributed by atoms with Crippen molar-refractivity contribution >= 4 is 15.7 Å². The molecule has 0 aromatic carbocycles. The molecule has 0 aliphatic heterocycles. The van der Waals surface area contributed by atoms with Gasteiger partial charge in [-0.15, -0.1) is 0 Å². The Balaban J connectivity index is 1.94. The van der Waals surface area contributed by atoms with Crippen LogP contribution < -0.4 is 5.32 Å². The lowest BCUT2D eigenvalue weighted by molar-refractivity contribution is -0.119. The van der Waals surface area contributed by atoms with Gasteiger partial charge < -0.3 is 10.3 Å². The average molecular weight is 257 g/mol. The molecule has 1 heterocycles. The second-order valence-corrected chi connectivity index (χ2v) is 6.11. The number of nitrogens with zero attached hydrogens (tertiary/aromatic N) is 1. The van der Waals surface area contributed by atoms with Crippen molar-refractivity contribution in [2.24, 2.45) is 0 Å². The highest BCUT2D eigenvalue weighted by atomic mass is 32.2. The molecular weight excluding hydrogens is 242 g/mol. The Hall–Kier alpha value is -1.37. The van der Waals surface area contributed by atoms with Gasteiger partial charge in [0.25, 0.3) is 0 Å². The molecule has 0 saturated heterocycles. The van der Waals surface area contributed by atoms with E-state index in [9.17, 15) is 13.2 Å². The molecule has 0 bridgehead atoms. The summed E-state index contributed by atoms with van der Waals surface area (Å²) < 4.78 is 23.4. The van der Waals surface area contributed by atoms with Crippen LogP contribution in [-0.4, -0.2) is 36.1 Å². The molecule has 1 saturated carbocycles. The maximum Gasteiger partial charge on any atom is 0.235 e. The van der Waals surface area contributed by atoms with Crippen molar-refractivity contribution in [3.05, 3.63) is 12.4 Å². The summed E-state index contributed by atoms with van der Waals surface area (Å²) in [6.07, 6.45) is 6.83. The molecule has 0 spiro atoms. The number of nitrogens with one attached hydrogen (secondary N) is 2. The summed E-state index contributed by atoms with van der Waals surface area (Å²) in [5, 5.41) is 2.58. The molecule has 94 valence electrons. The monoisotopic (exact) mass is 257 g/mol. The van der Waals surface area contributed by atoms with Crippen molar-refractivity contribution in [2.45, 2.75) is 36.9 Å². The minimum absolute atomic E-state index is 0.134. The van der Waals surface area contributed by atoms with Crippen LogP contribution in [0, 0.1) is 0 Å². The number of hydrogen-bond acceptors (Lipinski definition) is 4. The molecule has 7 heteroatoms. The van der Waals surface area contributed by atoms with Crippen molar-refractivity contribution in [3.63, 3.8) is 0 Å². The van der Waals surface area contributed by atoms with Crippen LogP contribution in [0.3, 0.4) is 0 Å². The zero-order chi connectivity index (χ0) is 12.3. The third kappa shape index (κ3) is 3.06. The minimum atomic E-state index is -3.64. The first-order chi connectivity index (χ1) is 8.08. The van der Waals surface area contributed by atoms with Crippen LogP contribution in [-0.2, 0) is 14.6 Å². The van der Waals surface area contributed by atoms with Gasteiger partial charge in [-0.2, -0.15) is 0 Å². The molecule has 2 rings (SSSR count). The highest BCUT2D eigenvalue weighted by Gasteiger charge is 2.24. The molecule has 0 radical (unpaired) electrons. The molecule has 1 aliphatic rings. The zero-order valence-corrected chi connectivity index (χ0v) is 10.2. The maximum absolute atomic E-state index is 11.7. The van der Waals surface area contributed by atoms with Crippen LogP contribution >= 0.6 is 0 Å². The van der Waals surface area contributed by atoms with Crippen molar-refractivity contribution < 1.29 is 13.2 Å². The first-order valence-corrected chi connectivity index (χ1v) is 7.25. The van der Waals surface area contributed by atoms with Crippen LogP contribution in [0.4, 0.5) is 0 Å². The third-order valence-electron chi connectivity index (χ3n) is 2.81. The van der Waals surface area contributed by atoms with Gasteiger partial charge in [0.15, 0.2) is 0 Å². The Bertz CT molecular complexity index is 475. The van der Waals surface area contributed by atoms with Crippen LogP contribution in [0.25, 0.3) is 0 Å². The maximum atomic E-state index is 11.7. The molecule has 1 aromatic rings. The van der Waals surface area contributed by atoms with E-state index in [0.717, 1.165) is 25.7 Å². The normalized spacial score (nSPS) is 17.2. The molecule has 1 aliphatic carbocycles. The number of imidazole rings is 1. The Morgan fingerprint density at radius 2 is 2.18 bits per heavy atom. The number of hydrogen-bond donors (Lipinski definition) is 2. The summed E-state index contributed by atoms with van der Waals surface area (Å²) >= 11 is 0. The SMILES string of the molecule is O=C(CS(=O)(=O)c1ncc[nH]1)NC1CCCC1. The first kappa shape index (κ1) is 12.1. The number of sulfone groups is 1. The van der Waals surface area contributed by atoms with E-state index >= 15 is 0 Å². The Morgan fingerprint density at radius 3 is 2.76 bits per heavy atom. The van der Waals surface area contributed by atoms with Crippen molar-refractivity contribution in [2.75, 3.05) is 5.75 Å². The Labute approximate surface area is 99.7 Å². The third-order valence-corrected chi connectivity index (χ3v) is 4.26. The molecule has 17 heavy (non-hydrogen) atoms. The summed E-state index contributed by atoms with van der Waals surface area (Å²) in [5.74, 6) is -0.995. The first-order valence-electron chi connectivity index (χ1n) is 5.59. The van der Waals surface area contributed by atoms with Gasteiger partial charge in [-0.25, -0.2) is 13.4 Å². The van der Waals surface area contributed by atoms with E-state index in [4.69, 9.17) is 0 Å². The quantitative estimate of drug-likeness (QED) is 0.808. The summed E-state index contributed by atoms with van der Waals surface area (Å²) in [7, 11) is -3.64. The number of carbonyl (C=O) groups is 1. The fraction of sp³-hybridized carbons (Fsp3) is 0.600. The fourth-order valence-corrected chi connectivity index (χ4v) is 3.04. The number of carbonyl (C=O) groups excluding carboxylic acids is 1. The average Bonchev–Trinajstić information content (AvgIpc) is 2.87. The molecule has 0 atom stereocenters. The molecule has 1 aromatic heterocycles. The van der Waals surface area contributed by atoms with Crippen molar-refractivity contribution in [1.82, 2.24) is 15.3 Å². The molecular formula is C10H15N3O3S. The van der Waals surface area contributed by atoms with Crippen LogP contribution in [0.5, 0.6) is 0 Å². The number of aromatic amines is 1. The highest BCUT2D eigenvalue weighted by Crippen LogP contribution is 2.17. The zero-order valence-electron chi connectivity index (χ0n) is 9.35. The van der Waals surface area contributed by atoms with E-state index in [-0.39, 0.29) is 11.2 Å². The summed E-state index contributed by atoms with van der Waals surface area (Å²) in [6, 6.07) is 0.134. The summed E-state index contributed by atoms with van der Waals surface area (Å²) in [5.41, 5.74) is 0. The second kappa shape index (κ2) is 4.87. The number of H-pyrrole nitrogens is 1. The smallest absolute Gasteiger partial charge is 0.235 e. The van der Waals surface area contributed by atoms with E-state index in [1.165, 1.54) is 12.4 Å². The topological polar surface area (TPSA) is 91.9 Å². The number of rotatable bonds is 4. The van der Waals surface area contributed by atoms with Crippen molar-refractivity contribution in [1.29, 1.82) is 0 Å². The number of amides is 1. The van der Waals surface area contributed by atoms with Crippen LogP contribution in [0.2, 0.25) is 0 Å². The Kier molecular flexibility index (Phi) is 3.46. The van der Waals surface area contributed by atoms with Gasteiger partial charge in [-0.3, -0.25) is 4.79 Å². The fourth-order valence-electron chi connectivity index (χ4n) is 2.00. The molecule has 2 N–H and O–H groups in total. The van der Waals surface area contributed by atoms with Crippen LogP contribution in [0.15, 0.2) is 17.6 Å². The van der Waals surface area contributed by atoms with Crippen LogP contribution in [0.1, 0.15) is 25.7 Å². The van der Waals surface area contributed by atoms with Gasteiger partial charge in [-0.05, 0) is 12.8 Å². The lowest BCUT2D eigenvalue weighted by Gasteiger charge is -2.11. The molecule has 1 amide bonds. The van der Waals surface area contributed by atoms with Gasteiger partial charge in [0.05, 0.1) is 0 Å². The Morgan fingerprint density at radius 1 is 1.47 bits per heavy atom. The number of aromatic nitrogens is 2. The van der Waals surface area contributed by atoms with E-state index in [1.807, 2.05) is 0 Å². The van der Waals surface area contributed by atoms with Gasteiger partial charge in [-0.1, -0.05) is 12.8 Å². The van der Waals surface area contributed by atoms with E-state index in [1.54, 1.807) is 0 Å². The predicted octanol–water partition coefficient (Wildman–Crippen LogP) is 0.242. The van der Waals surface area contributed by atoms with Crippen molar-refractivity contribution in [3.8, 4) is 0 Å². The summed E-state index contributed by atoms with van der Waals surface area (Å²) in [4.78, 5) is 17.7. The van der Waals surface area contributed by atoms with Gasteiger partial charge in [0.1, 0.15) is 5.75 Å². The van der Waals surface area contributed by atoms with E-state index < -0.39 is 21.5 Å². The largest absolute Gasteiger partial charge is 0.352 e. The van der Waals surface area contributed by atoms with Gasteiger partial charge >= 0.3 is 0 Å². The van der Waals surface area contributed by atoms with E-state index in [0.29, 0.717) is 0 Å². The standard InChI is InChI=1S/C10H15N3O3S/c14-9(13-8-3-1-2-4-8)7-17(15,16)10-11-5-6-12-10/h5-6,8H,1-4,7H2,(H,11,12)(H,13,14). The van der Waals surface area contributed by atoms with Gasteiger partial charge in [0.2, 0.25) is 20.9 Å². The molecule has 6 nitrogen and oxygen atoms in total. The predicted molar refractivity (Wildman–Crippen MR) is 61.0 cm³/mol.